The zero-order valence-corrected chi connectivity index (χ0v) is 15.1. The smallest absolute Gasteiger partial charge is 0.115 e. The fourth-order valence-corrected chi connectivity index (χ4v) is 4.35. The number of allylic oxidation sites excluding steroid dienone is 4. The van der Waals surface area contributed by atoms with Crippen LogP contribution >= 0.6 is 0 Å². The maximum Gasteiger partial charge on any atom is 0.115 e. The molecule has 2 nitrogen and oxygen atoms in total. The SMILES string of the molecule is Oc1ccc(C2CC=C(C3=CCC(c4ccc(O)cc4)CC3)CC2)cc1. The van der Waals surface area contributed by atoms with Crippen molar-refractivity contribution in [1.29, 1.82) is 0 Å². The van der Waals surface area contributed by atoms with Crippen LogP contribution in [0.1, 0.15) is 61.5 Å². The van der Waals surface area contributed by atoms with Gasteiger partial charge in [-0.2, -0.15) is 0 Å². The topological polar surface area (TPSA) is 40.5 Å². The Kier molecular flexibility index (Phi) is 4.83. The van der Waals surface area contributed by atoms with Gasteiger partial charge in [0.05, 0.1) is 0 Å². The van der Waals surface area contributed by atoms with Crippen LogP contribution in [0.5, 0.6) is 11.5 Å². The molecule has 2 unspecified atom stereocenters. The van der Waals surface area contributed by atoms with Gasteiger partial charge in [0, 0.05) is 0 Å². The molecule has 0 amide bonds. The maximum atomic E-state index is 9.45. The molecule has 2 N–H and O–H groups in total. The van der Waals surface area contributed by atoms with E-state index in [2.05, 4.69) is 36.4 Å². The minimum Gasteiger partial charge on any atom is -0.508 e. The highest BCUT2D eigenvalue weighted by molar-refractivity contribution is 5.38. The zero-order chi connectivity index (χ0) is 17.9. The van der Waals surface area contributed by atoms with Crippen molar-refractivity contribution in [3.8, 4) is 11.5 Å². The van der Waals surface area contributed by atoms with E-state index in [1.165, 1.54) is 24.0 Å². The van der Waals surface area contributed by atoms with E-state index in [4.69, 9.17) is 0 Å². The summed E-state index contributed by atoms with van der Waals surface area (Å²) in [6.45, 7) is 0. The van der Waals surface area contributed by atoms with Gasteiger partial charge in [0.2, 0.25) is 0 Å². The summed E-state index contributed by atoms with van der Waals surface area (Å²) in [5, 5.41) is 18.9. The van der Waals surface area contributed by atoms with E-state index in [1.54, 1.807) is 35.4 Å². The van der Waals surface area contributed by atoms with Crippen molar-refractivity contribution < 1.29 is 10.2 Å². The first-order valence-electron chi connectivity index (χ1n) is 9.65. The van der Waals surface area contributed by atoms with Crippen LogP contribution in [0.15, 0.2) is 71.8 Å². The van der Waals surface area contributed by atoms with Gasteiger partial charge < -0.3 is 10.2 Å². The van der Waals surface area contributed by atoms with Gasteiger partial charge in [0.15, 0.2) is 0 Å². The van der Waals surface area contributed by atoms with E-state index in [-0.39, 0.29) is 0 Å². The van der Waals surface area contributed by atoms with Gasteiger partial charge in [-0.3, -0.25) is 0 Å². The minimum absolute atomic E-state index is 0.344. The quantitative estimate of drug-likeness (QED) is 0.696. The van der Waals surface area contributed by atoms with E-state index < -0.39 is 0 Å². The first-order valence-corrected chi connectivity index (χ1v) is 9.65. The highest BCUT2D eigenvalue weighted by Gasteiger charge is 2.22. The molecule has 2 aromatic rings. The number of benzene rings is 2. The summed E-state index contributed by atoms with van der Waals surface area (Å²) in [5.74, 6) is 1.84. The molecule has 0 aliphatic heterocycles. The van der Waals surface area contributed by atoms with Crippen molar-refractivity contribution in [3.05, 3.63) is 83.0 Å². The molecule has 2 aliphatic rings. The van der Waals surface area contributed by atoms with E-state index in [1.807, 2.05) is 0 Å². The van der Waals surface area contributed by atoms with Crippen molar-refractivity contribution in [2.24, 2.45) is 0 Å². The van der Waals surface area contributed by atoms with Gasteiger partial charge in [0.1, 0.15) is 11.5 Å². The third-order valence-corrected chi connectivity index (χ3v) is 5.96. The average Bonchev–Trinajstić information content (AvgIpc) is 2.70. The number of hydrogen-bond acceptors (Lipinski definition) is 2. The van der Waals surface area contributed by atoms with Crippen LogP contribution in [0.2, 0.25) is 0 Å². The molecule has 0 heterocycles. The molecule has 0 bridgehead atoms. The lowest BCUT2D eigenvalue weighted by Gasteiger charge is -2.27. The van der Waals surface area contributed by atoms with Gasteiger partial charge in [0.25, 0.3) is 0 Å². The van der Waals surface area contributed by atoms with Gasteiger partial charge in [-0.05, 0) is 96.9 Å². The number of hydrogen-bond donors (Lipinski definition) is 2. The monoisotopic (exact) mass is 346 g/mol. The molecule has 134 valence electrons. The molecule has 2 aliphatic carbocycles. The lowest BCUT2D eigenvalue weighted by molar-refractivity contribution is 0.473. The van der Waals surface area contributed by atoms with Crippen molar-refractivity contribution in [3.63, 3.8) is 0 Å². The Morgan fingerprint density at radius 2 is 0.962 bits per heavy atom. The zero-order valence-electron chi connectivity index (χ0n) is 15.1. The highest BCUT2D eigenvalue weighted by atomic mass is 16.3. The van der Waals surface area contributed by atoms with Crippen molar-refractivity contribution >= 4 is 0 Å². The fourth-order valence-electron chi connectivity index (χ4n) is 4.35. The van der Waals surface area contributed by atoms with Crippen LogP contribution in [0, 0.1) is 0 Å². The third kappa shape index (κ3) is 3.70. The van der Waals surface area contributed by atoms with Crippen LogP contribution in [0.3, 0.4) is 0 Å². The van der Waals surface area contributed by atoms with E-state index in [0.29, 0.717) is 23.3 Å². The van der Waals surface area contributed by atoms with Crippen LogP contribution in [0.4, 0.5) is 0 Å². The molecule has 0 spiro atoms. The molecule has 0 fully saturated rings. The first kappa shape index (κ1) is 17.0. The molecule has 0 radical (unpaired) electrons. The molecule has 0 aromatic heterocycles. The highest BCUT2D eigenvalue weighted by Crippen LogP contribution is 2.40. The number of rotatable bonds is 3. The molecule has 2 aromatic carbocycles. The van der Waals surface area contributed by atoms with Crippen LogP contribution in [-0.4, -0.2) is 10.2 Å². The molecular weight excluding hydrogens is 320 g/mol. The largest absolute Gasteiger partial charge is 0.508 e. The number of aromatic hydroxyl groups is 2. The van der Waals surface area contributed by atoms with Crippen molar-refractivity contribution in [2.45, 2.75) is 50.4 Å². The lowest BCUT2D eigenvalue weighted by Crippen LogP contribution is -2.09. The Labute approximate surface area is 155 Å². The van der Waals surface area contributed by atoms with Crippen LogP contribution in [-0.2, 0) is 0 Å². The first-order chi connectivity index (χ1) is 12.7. The summed E-state index contributed by atoms with van der Waals surface area (Å²) in [6, 6.07) is 15.4. The van der Waals surface area contributed by atoms with E-state index in [0.717, 1.165) is 25.7 Å². The average molecular weight is 346 g/mol. The van der Waals surface area contributed by atoms with Crippen molar-refractivity contribution in [1.82, 2.24) is 0 Å². The molecule has 2 atom stereocenters. The lowest BCUT2D eigenvalue weighted by atomic mass is 9.78. The summed E-state index contributed by atoms with van der Waals surface area (Å²) >= 11 is 0. The van der Waals surface area contributed by atoms with Crippen molar-refractivity contribution in [2.75, 3.05) is 0 Å². The minimum atomic E-state index is 0.344. The van der Waals surface area contributed by atoms with Gasteiger partial charge >= 0.3 is 0 Å². The predicted molar refractivity (Wildman–Crippen MR) is 106 cm³/mol. The fraction of sp³-hybridized carbons (Fsp3) is 0.333. The van der Waals surface area contributed by atoms with Gasteiger partial charge in [-0.15, -0.1) is 0 Å². The molecular formula is C24H26O2. The van der Waals surface area contributed by atoms with E-state index >= 15 is 0 Å². The Morgan fingerprint density at radius 1 is 0.577 bits per heavy atom. The Hall–Kier alpha value is -2.48. The maximum absolute atomic E-state index is 9.45. The molecule has 0 saturated heterocycles. The number of phenols is 2. The summed E-state index contributed by atoms with van der Waals surface area (Å²) in [4.78, 5) is 0. The Bertz CT molecular complexity index is 741. The number of phenolic OH excluding ortho intramolecular Hbond substituents is 2. The summed E-state index contributed by atoms with van der Waals surface area (Å²) in [7, 11) is 0. The molecule has 0 saturated carbocycles. The van der Waals surface area contributed by atoms with Crippen LogP contribution < -0.4 is 0 Å². The van der Waals surface area contributed by atoms with Gasteiger partial charge in [-0.1, -0.05) is 36.4 Å². The van der Waals surface area contributed by atoms with Crippen LogP contribution in [0.25, 0.3) is 0 Å². The third-order valence-electron chi connectivity index (χ3n) is 5.96. The predicted octanol–water partition coefficient (Wildman–Crippen LogP) is 6.19. The second kappa shape index (κ2) is 7.41. The normalized spacial score (nSPS) is 23.2. The Morgan fingerprint density at radius 3 is 1.27 bits per heavy atom. The summed E-state index contributed by atoms with van der Waals surface area (Å²) < 4.78 is 0. The second-order valence-corrected chi connectivity index (χ2v) is 7.58. The molecule has 2 heteroatoms. The molecule has 26 heavy (non-hydrogen) atoms. The standard InChI is InChI=1S/C24H26O2/c25-23-13-9-21(10-14-23)19-5-1-17(2-6-19)18-3-7-20(8-4-18)22-11-15-24(26)16-12-22/h1,3,9-16,19-20,25-26H,2,4-8H2. The van der Waals surface area contributed by atoms with E-state index in [9.17, 15) is 10.2 Å². The molecule has 4 rings (SSSR count). The van der Waals surface area contributed by atoms with Gasteiger partial charge in [-0.25, -0.2) is 0 Å². The summed E-state index contributed by atoms with van der Waals surface area (Å²) in [5.41, 5.74) is 5.76. The Balaban J connectivity index is 1.39. The second-order valence-electron chi connectivity index (χ2n) is 7.58. The summed E-state index contributed by atoms with van der Waals surface area (Å²) in [6.07, 6.45) is 11.8.